The Morgan fingerprint density at radius 1 is 1.32 bits per heavy atom. The topological polar surface area (TPSA) is 64.6 Å². The summed E-state index contributed by atoms with van der Waals surface area (Å²) in [7, 11) is 0. The SMILES string of the molecule is CCOC(=O)c1c(NC(=O)COc2ccc(Cl)cc2Br)sc2c1CCC(C(C)(C)C)C2. The zero-order valence-electron chi connectivity index (χ0n) is 18.1. The first-order valence-electron chi connectivity index (χ1n) is 10.3. The van der Waals surface area contributed by atoms with Crippen molar-refractivity contribution in [2.75, 3.05) is 18.5 Å². The number of ether oxygens (including phenoxy) is 2. The van der Waals surface area contributed by atoms with Crippen LogP contribution in [0.2, 0.25) is 5.02 Å². The van der Waals surface area contributed by atoms with Crippen molar-refractivity contribution in [1.29, 1.82) is 0 Å². The summed E-state index contributed by atoms with van der Waals surface area (Å²) in [5, 5.41) is 3.99. The molecule has 0 aliphatic heterocycles. The minimum atomic E-state index is -0.383. The fourth-order valence-electron chi connectivity index (χ4n) is 3.73. The fraction of sp³-hybridized carbons (Fsp3) is 0.478. The zero-order chi connectivity index (χ0) is 22.8. The molecule has 0 radical (unpaired) electrons. The van der Waals surface area contributed by atoms with E-state index in [1.54, 1.807) is 25.1 Å². The molecule has 31 heavy (non-hydrogen) atoms. The van der Waals surface area contributed by atoms with Crippen molar-refractivity contribution in [3.63, 3.8) is 0 Å². The number of hydrogen-bond acceptors (Lipinski definition) is 5. The van der Waals surface area contributed by atoms with Crippen molar-refractivity contribution in [2.45, 2.75) is 47.0 Å². The first kappa shape index (κ1) is 24.1. The largest absolute Gasteiger partial charge is 0.483 e. The van der Waals surface area contributed by atoms with Gasteiger partial charge in [0.2, 0.25) is 0 Å². The minimum Gasteiger partial charge on any atom is -0.483 e. The summed E-state index contributed by atoms with van der Waals surface area (Å²) in [6.45, 7) is 8.62. The number of carbonyl (C=O) groups excluding carboxylic acids is 2. The molecule has 2 aromatic rings. The third kappa shape index (κ3) is 5.82. The molecular weight excluding hydrogens is 502 g/mol. The van der Waals surface area contributed by atoms with Gasteiger partial charge in [0.15, 0.2) is 6.61 Å². The van der Waals surface area contributed by atoms with Gasteiger partial charge in [-0.05, 0) is 77.2 Å². The van der Waals surface area contributed by atoms with Crippen LogP contribution in [0.25, 0.3) is 0 Å². The number of rotatable bonds is 6. The predicted octanol–water partition coefficient (Wildman–Crippen LogP) is 6.51. The molecule has 1 heterocycles. The highest BCUT2D eigenvalue weighted by atomic mass is 79.9. The highest BCUT2D eigenvalue weighted by molar-refractivity contribution is 9.10. The second-order valence-electron chi connectivity index (χ2n) is 8.65. The molecule has 1 amide bonds. The Labute approximate surface area is 200 Å². The van der Waals surface area contributed by atoms with Gasteiger partial charge in [-0.3, -0.25) is 4.79 Å². The Kier molecular flexibility index (Phi) is 7.71. The van der Waals surface area contributed by atoms with E-state index >= 15 is 0 Å². The summed E-state index contributed by atoms with van der Waals surface area (Å²) in [6.07, 6.45) is 2.73. The smallest absolute Gasteiger partial charge is 0.341 e. The van der Waals surface area contributed by atoms with Crippen molar-refractivity contribution in [3.8, 4) is 5.75 Å². The first-order valence-corrected chi connectivity index (χ1v) is 12.3. The van der Waals surface area contributed by atoms with Crippen molar-refractivity contribution < 1.29 is 19.1 Å². The Morgan fingerprint density at radius 2 is 2.06 bits per heavy atom. The van der Waals surface area contributed by atoms with Gasteiger partial charge < -0.3 is 14.8 Å². The second-order valence-corrected chi connectivity index (χ2v) is 11.0. The molecule has 168 valence electrons. The summed E-state index contributed by atoms with van der Waals surface area (Å²) < 4.78 is 11.6. The van der Waals surface area contributed by atoms with Gasteiger partial charge in [-0.25, -0.2) is 4.79 Å². The van der Waals surface area contributed by atoms with Crippen LogP contribution >= 0.6 is 38.9 Å². The van der Waals surface area contributed by atoms with Crippen LogP contribution in [0.1, 0.15) is 54.9 Å². The first-order chi connectivity index (χ1) is 14.6. The molecule has 5 nitrogen and oxygen atoms in total. The molecule has 1 aromatic carbocycles. The highest BCUT2D eigenvalue weighted by Gasteiger charge is 2.34. The number of nitrogens with one attached hydrogen (secondary N) is 1. The summed E-state index contributed by atoms with van der Waals surface area (Å²) in [5.41, 5.74) is 1.70. The summed E-state index contributed by atoms with van der Waals surface area (Å²) >= 11 is 10.8. The van der Waals surface area contributed by atoms with Crippen LogP contribution in [0.5, 0.6) is 5.75 Å². The molecule has 0 fully saturated rings. The van der Waals surface area contributed by atoms with Crippen LogP contribution in [-0.2, 0) is 22.4 Å². The maximum Gasteiger partial charge on any atom is 0.341 e. The molecule has 1 aliphatic rings. The minimum absolute atomic E-state index is 0.185. The molecule has 1 aliphatic carbocycles. The molecule has 1 aromatic heterocycles. The molecule has 8 heteroatoms. The molecule has 0 saturated carbocycles. The van der Waals surface area contributed by atoms with E-state index in [9.17, 15) is 9.59 Å². The number of esters is 1. The van der Waals surface area contributed by atoms with Crippen molar-refractivity contribution in [1.82, 2.24) is 0 Å². The number of benzene rings is 1. The average molecular weight is 529 g/mol. The lowest BCUT2D eigenvalue weighted by Crippen LogP contribution is -2.26. The van der Waals surface area contributed by atoms with Crippen LogP contribution in [0.3, 0.4) is 0 Å². The second kappa shape index (κ2) is 9.92. The molecule has 1 N–H and O–H groups in total. The maximum absolute atomic E-state index is 12.7. The highest BCUT2D eigenvalue weighted by Crippen LogP contribution is 2.44. The van der Waals surface area contributed by atoms with E-state index in [2.05, 4.69) is 42.0 Å². The number of carbonyl (C=O) groups is 2. The van der Waals surface area contributed by atoms with E-state index in [4.69, 9.17) is 21.1 Å². The van der Waals surface area contributed by atoms with Crippen LogP contribution < -0.4 is 10.1 Å². The molecule has 0 spiro atoms. The predicted molar refractivity (Wildman–Crippen MR) is 129 cm³/mol. The summed E-state index contributed by atoms with van der Waals surface area (Å²) in [6, 6.07) is 5.09. The normalized spacial score (nSPS) is 15.9. The van der Waals surface area contributed by atoms with E-state index in [1.165, 1.54) is 11.3 Å². The van der Waals surface area contributed by atoms with Gasteiger partial charge in [-0.15, -0.1) is 11.3 Å². The van der Waals surface area contributed by atoms with E-state index < -0.39 is 0 Å². The Hall–Kier alpha value is -1.57. The average Bonchev–Trinajstić information content (AvgIpc) is 3.03. The molecule has 0 bridgehead atoms. The Balaban J connectivity index is 1.78. The van der Waals surface area contributed by atoms with Gasteiger partial charge in [-0.2, -0.15) is 0 Å². The molecule has 1 atom stereocenters. The van der Waals surface area contributed by atoms with Gasteiger partial charge in [-0.1, -0.05) is 32.4 Å². The third-order valence-electron chi connectivity index (χ3n) is 5.48. The summed E-state index contributed by atoms with van der Waals surface area (Å²) in [4.78, 5) is 26.5. The molecule has 3 rings (SSSR count). The maximum atomic E-state index is 12.7. The van der Waals surface area contributed by atoms with Crippen molar-refractivity contribution in [3.05, 3.63) is 43.7 Å². The van der Waals surface area contributed by atoms with Crippen molar-refractivity contribution in [2.24, 2.45) is 11.3 Å². The zero-order valence-corrected chi connectivity index (χ0v) is 21.3. The van der Waals surface area contributed by atoms with Crippen LogP contribution in [0, 0.1) is 11.3 Å². The fourth-order valence-corrected chi connectivity index (χ4v) is 5.86. The van der Waals surface area contributed by atoms with Crippen LogP contribution in [0.4, 0.5) is 5.00 Å². The Bertz CT molecular complexity index is 983. The number of fused-ring (bicyclic) bond motifs is 1. The lowest BCUT2D eigenvalue weighted by Gasteiger charge is -2.33. The van der Waals surface area contributed by atoms with Crippen LogP contribution in [-0.4, -0.2) is 25.1 Å². The van der Waals surface area contributed by atoms with E-state index in [0.29, 0.717) is 31.7 Å². The number of thiophene rings is 1. The molecule has 1 unspecified atom stereocenters. The number of amides is 1. The summed E-state index contributed by atoms with van der Waals surface area (Å²) in [5.74, 6) is 0.329. The third-order valence-corrected chi connectivity index (χ3v) is 7.50. The van der Waals surface area contributed by atoms with Gasteiger partial charge in [0.05, 0.1) is 16.6 Å². The van der Waals surface area contributed by atoms with Gasteiger partial charge in [0.25, 0.3) is 5.91 Å². The van der Waals surface area contributed by atoms with E-state index in [0.717, 1.165) is 29.7 Å². The van der Waals surface area contributed by atoms with Gasteiger partial charge >= 0.3 is 5.97 Å². The monoisotopic (exact) mass is 527 g/mol. The van der Waals surface area contributed by atoms with E-state index in [1.807, 2.05) is 0 Å². The molecular formula is C23H27BrClNO4S. The number of anilines is 1. The lowest BCUT2D eigenvalue weighted by atomic mass is 9.72. The van der Waals surface area contributed by atoms with Crippen LogP contribution in [0.15, 0.2) is 22.7 Å². The van der Waals surface area contributed by atoms with E-state index in [-0.39, 0.29) is 30.5 Å². The van der Waals surface area contributed by atoms with Gasteiger partial charge in [0, 0.05) is 9.90 Å². The number of halogens is 2. The van der Waals surface area contributed by atoms with Crippen molar-refractivity contribution >= 4 is 55.7 Å². The lowest BCUT2D eigenvalue weighted by molar-refractivity contribution is -0.118. The molecule has 0 saturated heterocycles. The Morgan fingerprint density at radius 3 is 2.71 bits per heavy atom. The quantitative estimate of drug-likeness (QED) is 0.434. The standard InChI is InChI=1S/C23H27BrClNO4S/c1-5-29-22(28)20-15-8-6-13(23(2,3)4)10-18(15)31-21(20)26-19(27)12-30-17-9-7-14(25)11-16(17)24/h7,9,11,13H,5-6,8,10,12H2,1-4H3,(H,26,27). The number of hydrogen-bond donors (Lipinski definition) is 1. The van der Waals surface area contributed by atoms with Gasteiger partial charge in [0.1, 0.15) is 10.8 Å².